The van der Waals surface area contributed by atoms with Gasteiger partial charge in [0.05, 0.1) is 16.7 Å². The molecule has 24 heavy (non-hydrogen) atoms. The Morgan fingerprint density at radius 1 is 1.25 bits per heavy atom. The number of aromatic nitrogens is 2. The number of carbonyl (C=O) groups excluding carboxylic acids is 1. The van der Waals surface area contributed by atoms with Gasteiger partial charge in [-0.1, -0.05) is 0 Å². The maximum absolute atomic E-state index is 13.1. The van der Waals surface area contributed by atoms with E-state index < -0.39 is 34.7 Å². The third kappa shape index (κ3) is 2.97. The maximum atomic E-state index is 13.1. The fraction of sp³-hybridized carbons (Fsp3) is 0.267. The first-order valence-electron chi connectivity index (χ1n) is 7.08. The molecule has 0 saturated heterocycles. The van der Waals surface area contributed by atoms with E-state index in [2.05, 4.69) is 10.4 Å². The Morgan fingerprint density at radius 2 is 2.00 bits per heavy atom. The molecule has 126 valence electrons. The number of amides is 1. The summed E-state index contributed by atoms with van der Waals surface area (Å²) in [6.45, 7) is 0.701. The van der Waals surface area contributed by atoms with Gasteiger partial charge in [0.15, 0.2) is 5.82 Å². The van der Waals surface area contributed by atoms with Crippen molar-refractivity contribution in [3.63, 3.8) is 0 Å². The summed E-state index contributed by atoms with van der Waals surface area (Å²) in [5.74, 6) is -2.32. The minimum atomic E-state index is -4.85. The summed E-state index contributed by atoms with van der Waals surface area (Å²) in [6.07, 6.45) is -3.12. The smallest absolute Gasteiger partial charge is 0.417 e. The van der Waals surface area contributed by atoms with Gasteiger partial charge in [-0.25, -0.2) is 4.79 Å². The highest BCUT2D eigenvalue weighted by Gasteiger charge is 2.36. The van der Waals surface area contributed by atoms with Gasteiger partial charge in [0.25, 0.3) is 5.91 Å². The molecule has 0 radical (unpaired) electrons. The molecule has 1 aliphatic heterocycles. The number of benzene rings is 1. The van der Waals surface area contributed by atoms with Crippen LogP contribution in [0.2, 0.25) is 0 Å². The Balaban J connectivity index is 1.92. The molecule has 3 rings (SSSR count). The molecule has 0 aliphatic carbocycles. The van der Waals surface area contributed by atoms with E-state index >= 15 is 0 Å². The van der Waals surface area contributed by atoms with Crippen molar-refractivity contribution in [2.45, 2.75) is 25.6 Å². The number of fused-ring (bicyclic) bond motifs is 1. The van der Waals surface area contributed by atoms with E-state index in [1.54, 1.807) is 10.7 Å². The van der Waals surface area contributed by atoms with E-state index in [0.717, 1.165) is 30.7 Å². The van der Waals surface area contributed by atoms with Crippen molar-refractivity contribution in [2.75, 3.05) is 5.32 Å². The average molecular weight is 339 g/mol. The molecule has 9 heteroatoms. The predicted octanol–water partition coefficient (Wildman–Crippen LogP) is 2.80. The normalized spacial score (nSPS) is 13.6. The zero-order valence-electron chi connectivity index (χ0n) is 12.2. The van der Waals surface area contributed by atoms with E-state index in [9.17, 15) is 22.8 Å². The number of carboxylic acids is 1. The average Bonchev–Trinajstić information content (AvgIpc) is 3.06. The van der Waals surface area contributed by atoms with Crippen LogP contribution in [0.25, 0.3) is 0 Å². The van der Waals surface area contributed by atoms with Gasteiger partial charge in [0.2, 0.25) is 0 Å². The fourth-order valence-electron chi connectivity index (χ4n) is 2.61. The number of rotatable bonds is 3. The van der Waals surface area contributed by atoms with Crippen LogP contribution in [-0.4, -0.2) is 26.8 Å². The standard InChI is InChI=1S/C15H12F3N3O3/c16-15(17,18)11-6-8(14(23)24)3-4-10(11)13(22)19-12-7-9-2-1-5-21(9)20-12/h3-4,6-7H,1-2,5H2,(H,23,24)(H,19,20,22). The molecule has 1 amide bonds. The largest absolute Gasteiger partial charge is 0.478 e. The molecule has 2 heterocycles. The summed E-state index contributed by atoms with van der Waals surface area (Å²) in [5.41, 5.74) is -1.59. The molecule has 6 nitrogen and oxygen atoms in total. The van der Waals surface area contributed by atoms with Crippen LogP contribution >= 0.6 is 0 Å². The van der Waals surface area contributed by atoms with Crippen molar-refractivity contribution >= 4 is 17.7 Å². The molecule has 0 bridgehead atoms. The van der Waals surface area contributed by atoms with Crippen molar-refractivity contribution < 1.29 is 27.9 Å². The predicted molar refractivity (Wildman–Crippen MR) is 76.9 cm³/mol. The monoisotopic (exact) mass is 339 g/mol. The molecule has 1 aliphatic rings. The summed E-state index contributed by atoms with van der Waals surface area (Å²) >= 11 is 0. The van der Waals surface area contributed by atoms with Gasteiger partial charge in [-0.05, 0) is 31.0 Å². The number of hydrogen-bond donors (Lipinski definition) is 2. The molecule has 0 spiro atoms. The molecule has 0 unspecified atom stereocenters. The van der Waals surface area contributed by atoms with Crippen LogP contribution in [0, 0.1) is 0 Å². The van der Waals surface area contributed by atoms with Crippen LogP contribution in [0.15, 0.2) is 24.3 Å². The lowest BCUT2D eigenvalue weighted by molar-refractivity contribution is -0.137. The molecule has 1 aromatic carbocycles. The molecular weight excluding hydrogens is 327 g/mol. The Morgan fingerprint density at radius 3 is 2.62 bits per heavy atom. The summed E-state index contributed by atoms with van der Waals surface area (Å²) in [6, 6.07) is 3.87. The van der Waals surface area contributed by atoms with Gasteiger partial charge < -0.3 is 10.4 Å². The number of halogens is 3. The van der Waals surface area contributed by atoms with Gasteiger partial charge in [-0.3, -0.25) is 9.48 Å². The van der Waals surface area contributed by atoms with Gasteiger partial charge in [0.1, 0.15) is 0 Å². The molecule has 1 aromatic heterocycles. The number of nitrogens with zero attached hydrogens (tertiary/aromatic N) is 2. The highest BCUT2D eigenvalue weighted by Crippen LogP contribution is 2.33. The van der Waals surface area contributed by atoms with Crippen LogP contribution < -0.4 is 5.32 Å². The lowest BCUT2D eigenvalue weighted by atomic mass is 10.0. The summed E-state index contributed by atoms with van der Waals surface area (Å²) in [5, 5.41) is 15.3. The Labute approximate surface area is 133 Å². The zero-order chi connectivity index (χ0) is 17.5. The van der Waals surface area contributed by atoms with Gasteiger partial charge in [-0.2, -0.15) is 18.3 Å². The minimum absolute atomic E-state index is 0.171. The Hall–Kier alpha value is -2.84. The van der Waals surface area contributed by atoms with Crippen molar-refractivity contribution in [1.82, 2.24) is 9.78 Å². The summed E-state index contributed by atoms with van der Waals surface area (Å²) < 4.78 is 41.1. The third-order valence-corrected chi connectivity index (χ3v) is 3.72. The molecule has 0 atom stereocenters. The highest BCUT2D eigenvalue weighted by molar-refractivity contribution is 6.05. The first-order chi connectivity index (χ1) is 11.3. The second-order valence-corrected chi connectivity index (χ2v) is 5.37. The van der Waals surface area contributed by atoms with Gasteiger partial charge in [-0.15, -0.1) is 0 Å². The number of aryl methyl sites for hydroxylation is 2. The van der Waals surface area contributed by atoms with E-state index in [0.29, 0.717) is 12.6 Å². The quantitative estimate of drug-likeness (QED) is 0.901. The number of nitrogens with one attached hydrogen (secondary N) is 1. The van der Waals surface area contributed by atoms with Crippen LogP contribution in [0.1, 0.15) is 38.4 Å². The summed E-state index contributed by atoms with van der Waals surface area (Å²) in [7, 11) is 0. The second kappa shape index (κ2) is 5.66. The third-order valence-electron chi connectivity index (χ3n) is 3.72. The minimum Gasteiger partial charge on any atom is -0.478 e. The van der Waals surface area contributed by atoms with Gasteiger partial charge >= 0.3 is 12.1 Å². The SMILES string of the molecule is O=C(O)c1ccc(C(=O)Nc2cc3n(n2)CCC3)c(C(F)(F)F)c1. The molecule has 2 aromatic rings. The maximum Gasteiger partial charge on any atom is 0.417 e. The first-order valence-corrected chi connectivity index (χ1v) is 7.08. The van der Waals surface area contributed by atoms with Crippen molar-refractivity contribution in [3.8, 4) is 0 Å². The number of carboxylic acid groups (broad SMARTS) is 1. The lowest BCUT2D eigenvalue weighted by Crippen LogP contribution is -2.20. The van der Waals surface area contributed by atoms with Crippen LogP contribution in [0.5, 0.6) is 0 Å². The summed E-state index contributed by atoms with van der Waals surface area (Å²) in [4.78, 5) is 23.0. The van der Waals surface area contributed by atoms with Crippen molar-refractivity contribution in [2.24, 2.45) is 0 Å². The zero-order valence-corrected chi connectivity index (χ0v) is 12.2. The van der Waals surface area contributed by atoms with E-state index in [-0.39, 0.29) is 5.82 Å². The Kier molecular flexibility index (Phi) is 3.78. The molecule has 0 saturated carbocycles. The van der Waals surface area contributed by atoms with Crippen molar-refractivity contribution in [3.05, 3.63) is 46.6 Å². The van der Waals surface area contributed by atoms with E-state index in [1.165, 1.54) is 0 Å². The highest BCUT2D eigenvalue weighted by atomic mass is 19.4. The topological polar surface area (TPSA) is 84.2 Å². The number of anilines is 1. The number of hydrogen-bond acceptors (Lipinski definition) is 3. The van der Waals surface area contributed by atoms with Gasteiger partial charge in [0, 0.05) is 18.3 Å². The number of carbonyl (C=O) groups is 2. The number of aromatic carboxylic acids is 1. The lowest BCUT2D eigenvalue weighted by Gasteiger charge is -2.13. The first kappa shape index (κ1) is 16.0. The van der Waals surface area contributed by atoms with Crippen molar-refractivity contribution in [1.29, 1.82) is 0 Å². The molecule has 0 fully saturated rings. The second-order valence-electron chi connectivity index (χ2n) is 5.37. The molecular formula is C15H12F3N3O3. The molecule has 2 N–H and O–H groups in total. The Bertz CT molecular complexity index is 806. The fourth-order valence-corrected chi connectivity index (χ4v) is 2.61. The van der Waals surface area contributed by atoms with Crippen LogP contribution in [0.4, 0.5) is 19.0 Å². The van der Waals surface area contributed by atoms with Crippen LogP contribution in [-0.2, 0) is 19.1 Å². The van der Waals surface area contributed by atoms with Crippen LogP contribution in [0.3, 0.4) is 0 Å². The number of alkyl halides is 3. The van der Waals surface area contributed by atoms with E-state index in [4.69, 9.17) is 5.11 Å². The van der Waals surface area contributed by atoms with E-state index in [1.807, 2.05) is 0 Å².